The molecule has 0 spiro atoms. The van der Waals surface area contributed by atoms with Crippen LogP contribution in [0.1, 0.15) is 79.1 Å². The second-order valence-corrected chi connectivity index (χ2v) is 8.32. The van der Waals surface area contributed by atoms with Crippen molar-refractivity contribution >= 4 is 23.2 Å². The lowest BCUT2D eigenvalue weighted by molar-refractivity contribution is 0.0980. The summed E-state index contributed by atoms with van der Waals surface area (Å²) in [6.45, 7) is 11.5. The fourth-order valence-corrected chi connectivity index (χ4v) is 3.71. The van der Waals surface area contributed by atoms with Gasteiger partial charge in [-0.1, -0.05) is 27.2 Å². The summed E-state index contributed by atoms with van der Waals surface area (Å²) in [5, 5.41) is 0. The minimum atomic E-state index is -0.708. The lowest BCUT2D eigenvalue weighted by Crippen LogP contribution is -2.42. The van der Waals surface area contributed by atoms with Crippen molar-refractivity contribution < 1.29 is 9.59 Å². The number of amides is 1. The number of nitrogen functional groups attached to an aromatic ring is 1. The van der Waals surface area contributed by atoms with Gasteiger partial charge in [-0.05, 0) is 45.1 Å². The minimum absolute atomic E-state index is 0.0352. The number of rotatable bonds is 9. The molecule has 1 amide bonds. The Balaban J connectivity index is 2.67. The molecule has 0 fully saturated rings. The van der Waals surface area contributed by atoms with Gasteiger partial charge in [-0.25, -0.2) is 4.79 Å². The predicted molar refractivity (Wildman–Crippen MR) is 122 cm³/mol. The molecule has 0 aliphatic heterocycles. The van der Waals surface area contributed by atoms with Gasteiger partial charge in [-0.15, -0.1) is 0 Å². The van der Waals surface area contributed by atoms with Crippen LogP contribution in [0.5, 0.6) is 0 Å². The van der Waals surface area contributed by atoms with Gasteiger partial charge in [0.1, 0.15) is 11.5 Å². The molecular weight excluding hydrogens is 398 g/mol. The van der Waals surface area contributed by atoms with E-state index in [4.69, 9.17) is 5.73 Å². The van der Waals surface area contributed by atoms with E-state index in [0.717, 1.165) is 6.42 Å². The molecule has 170 valence electrons. The van der Waals surface area contributed by atoms with Crippen LogP contribution < -0.4 is 21.9 Å². The third-order valence-corrected chi connectivity index (χ3v) is 5.40. The third kappa shape index (κ3) is 4.98. The zero-order valence-electron chi connectivity index (χ0n) is 19.2. The number of carbonyl (C=O) groups is 2. The molecule has 2 aromatic heterocycles. The summed E-state index contributed by atoms with van der Waals surface area (Å²) in [5.74, 6) is -0.385. The lowest BCUT2D eigenvalue weighted by Gasteiger charge is -2.25. The Labute approximate surface area is 181 Å². The van der Waals surface area contributed by atoms with Crippen molar-refractivity contribution in [3.8, 4) is 0 Å². The largest absolute Gasteiger partial charge is 0.383 e. The maximum atomic E-state index is 13.6. The summed E-state index contributed by atoms with van der Waals surface area (Å²) < 4.78 is 1.30. The van der Waals surface area contributed by atoms with Gasteiger partial charge >= 0.3 is 5.69 Å². The van der Waals surface area contributed by atoms with Crippen LogP contribution in [0.15, 0.2) is 9.59 Å². The highest BCUT2D eigenvalue weighted by Gasteiger charge is 2.29. The van der Waals surface area contributed by atoms with E-state index in [-0.39, 0.29) is 35.4 Å². The Morgan fingerprint density at radius 2 is 1.81 bits per heavy atom. The van der Waals surface area contributed by atoms with Crippen LogP contribution in [-0.4, -0.2) is 32.8 Å². The van der Waals surface area contributed by atoms with Crippen LogP contribution in [0.3, 0.4) is 0 Å². The number of nitrogens with zero attached hydrogens (tertiary/aromatic N) is 2. The van der Waals surface area contributed by atoms with E-state index in [1.165, 1.54) is 16.4 Å². The molecule has 0 aromatic carbocycles. The Morgan fingerprint density at radius 1 is 1.16 bits per heavy atom. The maximum Gasteiger partial charge on any atom is 0.330 e. The number of aromatic amines is 2. The normalized spacial score (nSPS) is 11.2. The van der Waals surface area contributed by atoms with Gasteiger partial charge < -0.3 is 10.7 Å². The highest BCUT2D eigenvalue weighted by Crippen LogP contribution is 2.25. The summed E-state index contributed by atoms with van der Waals surface area (Å²) >= 11 is 0. The molecule has 0 aliphatic carbocycles. The van der Waals surface area contributed by atoms with Gasteiger partial charge in [0.05, 0.1) is 0 Å². The first-order valence-corrected chi connectivity index (χ1v) is 10.7. The molecule has 4 N–H and O–H groups in total. The Kier molecular flexibility index (Phi) is 7.65. The lowest BCUT2D eigenvalue weighted by atomic mass is 10.1. The molecule has 0 radical (unpaired) electrons. The quantitative estimate of drug-likeness (QED) is 0.525. The van der Waals surface area contributed by atoms with E-state index in [1.807, 2.05) is 20.8 Å². The molecular formula is C22H33N5O4. The second kappa shape index (κ2) is 9.80. The van der Waals surface area contributed by atoms with E-state index in [1.54, 1.807) is 13.8 Å². The molecule has 0 aliphatic rings. The van der Waals surface area contributed by atoms with E-state index in [0.29, 0.717) is 36.2 Å². The number of nitrogens with two attached hydrogens (primary N) is 1. The van der Waals surface area contributed by atoms with Gasteiger partial charge in [0.25, 0.3) is 11.5 Å². The molecule has 31 heavy (non-hydrogen) atoms. The first-order chi connectivity index (χ1) is 14.5. The van der Waals surface area contributed by atoms with Crippen LogP contribution in [0.25, 0.3) is 0 Å². The number of ketones is 1. The summed E-state index contributed by atoms with van der Waals surface area (Å²) in [4.78, 5) is 57.3. The van der Waals surface area contributed by atoms with E-state index < -0.39 is 17.2 Å². The Bertz CT molecular complexity index is 1090. The molecule has 2 aromatic rings. The molecule has 0 saturated carbocycles. The van der Waals surface area contributed by atoms with Crippen LogP contribution in [-0.2, 0) is 6.54 Å². The molecule has 0 bridgehead atoms. The Hall–Kier alpha value is -3.10. The van der Waals surface area contributed by atoms with Gasteiger partial charge in [-0.3, -0.25) is 28.8 Å². The standard InChI is InChI=1S/C22H33N5O4/c1-7-8-10-27-19(23)18(20(29)25-22(27)31)26(11-9-12(2)3)21(30)17-13(4)16(15(6)28)14(5)24-17/h12,24H,7-11,23H2,1-6H3,(H,25,29,31). The van der Waals surface area contributed by atoms with Crippen molar-refractivity contribution in [2.45, 2.75) is 67.3 Å². The molecule has 0 atom stereocenters. The van der Waals surface area contributed by atoms with E-state index in [2.05, 4.69) is 9.97 Å². The molecule has 0 saturated heterocycles. The van der Waals surface area contributed by atoms with Gasteiger partial charge in [0.15, 0.2) is 11.5 Å². The summed E-state index contributed by atoms with van der Waals surface area (Å²) in [6.07, 6.45) is 2.16. The number of hydrogen-bond acceptors (Lipinski definition) is 5. The van der Waals surface area contributed by atoms with Crippen molar-refractivity contribution in [2.24, 2.45) is 5.92 Å². The highest BCUT2D eigenvalue weighted by atomic mass is 16.2. The minimum Gasteiger partial charge on any atom is -0.383 e. The number of carbonyl (C=O) groups excluding carboxylic acids is 2. The summed E-state index contributed by atoms with van der Waals surface area (Å²) in [5.41, 5.74) is 6.72. The van der Waals surface area contributed by atoms with Crippen LogP contribution in [0.2, 0.25) is 0 Å². The summed E-state index contributed by atoms with van der Waals surface area (Å²) in [6, 6.07) is 0. The third-order valence-electron chi connectivity index (χ3n) is 5.40. The molecule has 0 unspecified atom stereocenters. The fourth-order valence-electron chi connectivity index (χ4n) is 3.71. The smallest absolute Gasteiger partial charge is 0.330 e. The van der Waals surface area contributed by atoms with Crippen molar-refractivity contribution in [2.75, 3.05) is 17.2 Å². The Morgan fingerprint density at radius 3 is 2.32 bits per heavy atom. The molecule has 9 heteroatoms. The number of Topliss-reactive ketones (excluding diaryl/α,β-unsaturated/α-hetero) is 1. The second-order valence-electron chi connectivity index (χ2n) is 8.32. The average molecular weight is 432 g/mol. The number of aromatic nitrogens is 3. The zero-order valence-corrected chi connectivity index (χ0v) is 19.2. The SMILES string of the molecule is CCCCn1c(N)c(N(CCC(C)C)C(=O)c2[nH]c(C)c(C(C)=O)c2C)c(=O)[nH]c1=O. The fraction of sp³-hybridized carbons (Fsp3) is 0.545. The summed E-state index contributed by atoms with van der Waals surface area (Å²) in [7, 11) is 0. The molecule has 2 rings (SSSR count). The number of unbranched alkanes of at least 4 members (excludes halogenated alkanes) is 1. The number of aryl methyl sites for hydroxylation is 1. The van der Waals surface area contributed by atoms with E-state index >= 15 is 0 Å². The van der Waals surface area contributed by atoms with Gasteiger partial charge in [-0.2, -0.15) is 0 Å². The van der Waals surface area contributed by atoms with Crippen molar-refractivity contribution in [1.82, 2.24) is 14.5 Å². The average Bonchev–Trinajstić information content (AvgIpc) is 2.97. The highest BCUT2D eigenvalue weighted by molar-refractivity contribution is 6.09. The van der Waals surface area contributed by atoms with E-state index in [9.17, 15) is 19.2 Å². The van der Waals surface area contributed by atoms with Crippen LogP contribution >= 0.6 is 0 Å². The zero-order chi connectivity index (χ0) is 23.5. The topological polar surface area (TPSA) is 134 Å². The van der Waals surface area contributed by atoms with Crippen molar-refractivity contribution in [3.05, 3.63) is 43.4 Å². The maximum absolute atomic E-state index is 13.6. The van der Waals surface area contributed by atoms with Crippen LogP contribution in [0, 0.1) is 19.8 Å². The van der Waals surface area contributed by atoms with Crippen molar-refractivity contribution in [1.29, 1.82) is 0 Å². The number of H-pyrrole nitrogens is 2. The molecule has 9 nitrogen and oxygen atoms in total. The van der Waals surface area contributed by atoms with Gasteiger partial charge in [0.2, 0.25) is 0 Å². The predicted octanol–water partition coefficient (Wildman–Crippen LogP) is 2.76. The van der Waals surface area contributed by atoms with Crippen LogP contribution in [0.4, 0.5) is 11.5 Å². The molecule has 2 heterocycles. The first-order valence-electron chi connectivity index (χ1n) is 10.7. The number of nitrogens with one attached hydrogen (secondary N) is 2. The number of hydrogen-bond donors (Lipinski definition) is 3. The van der Waals surface area contributed by atoms with Crippen molar-refractivity contribution in [3.63, 3.8) is 0 Å². The number of anilines is 2. The van der Waals surface area contributed by atoms with Gasteiger partial charge in [0, 0.05) is 24.3 Å². The first kappa shape index (κ1) is 24.2. The monoisotopic (exact) mass is 431 g/mol.